The Morgan fingerprint density at radius 1 is 1.00 bits per heavy atom. The van der Waals surface area contributed by atoms with E-state index in [4.69, 9.17) is 4.42 Å². The molecule has 2 heterocycles. The highest BCUT2D eigenvalue weighted by molar-refractivity contribution is 5.70. The van der Waals surface area contributed by atoms with E-state index in [1.54, 1.807) is 0 Å². The summed E-state index contributed by atoms with van der Waals surface area (Å²) in [6.07, 6.45) is 7.04. The maximum absolute atomic E-state index is 10.9. The second-order valence-electron chi connectivity index (χ2n) is 6.40. The van der Waals surface area contributed by atoms with E-state index in [0.29, 0.717) is 0 Å². The highest BCUT2D eigenvalue weighted by Crippen LogP contribution is 2.19. The summed E-state index contributed by atoms with van der Waals surface area (Å²) in [5.74, 6) is 1.01. The highest BCUT2D eigenvalue weighted by Gasteiger charge is 2.23. The number of fused-ring (bicyclic) bond motifs is 1. The van der Waals surface area contributed by atoms with Gasteiger partial charge in [0.2, 0.25) is 11.3 Å². The average Bonchev–Trinajstić information content (AvgIpc) is 3.06. The van der Waals surface area contributed by atoms with E-state index in [-0.39, 0.29) is 5.92 Å². The third-order valence-electron chi connectivity index (χ3n) is 4.75. The van der Waals surface area contributed by atoms with Crippen molar-refractivity contribution in [2.24, 2.45) is 5.92 Å². The molecule has 1 aromatic heterocycles. The summed E-state index contributed by atoms with van der Waals surface area (Å²) in [7, 11) is 0. The van der Waals surface area contributed by atoms with Gasteiger partial charge in [-0.1, -0.05) is 30.3 Å². The fraction of sp³-hybridized carbons (Fsp3) is 0.238. The van der Waals surface area contributed by atoms with Crippen LogP contribution in [0.25, 0.3) is 22.9 Å². The van der Waals surface area contributed by atoms with Gasteiger partial charge in [-0.3, -0.25) is 0 Å². The summed E-state index contributed by atoms with van der Waals surface area (Å²) in [5, 5.41) is 0. The van der Waals surface area contributed by atoms with Gasteiger partial charge in [-0.05, 0) is 18.9 Å². The Balaban J connectivity index is 1.68. The molecule has 0 aliphatic carbocycles. The molecule has 0 amide bonds. The van der Waals surface area contributed by atoms with E-state index in [2.05, 4.69) is 33.9 Å². The van der Waals surface area contributed by atoms with Gasteiger partial charge in [-0.15, -0.1) is 4.57 Å². The fourth-order valence-corrected chi connectivity index (χ4v) is 3.33. The number of piperidine rings is 1. The van der Waals surface area contributed by atoms with Gasteiger partial charge in [-0.2, -0.15) is 0 Å². The number of nitrogens with zero attached hydrogens (tertiary/aromatic N) is 2. The largest absolute Gasteiger partial charge is 0.398 e. The molecule has 1 aliphatic rings. The lowest BCUT2D eigenvalue weighted by atomic mass is 9.99. The molecule has 4 heteroatoms. The Bertz CT molecular complexity index is 891. The number of aromatic nitrogens is 1. The van der Waals surface area contributed by atoms with Crippen LogP contribution < -0.4 is 4.57 Å². The lowest BCUT2D eigenvalue weighted by Gasteiger charge is -2.27. The van der Waals surface area contributed by atoms with Gasteiger partial charge in [0.1, 0.15) is 6.29 Å². The van der Waals surface area contributed by atoms with Gasteiger partial charge in [-0.25, -0.2) is 0 Å². The molecule has 0 radical (unpaired) electrons. The van der Waals surface area contributed by atoms with Crippen molar-refractivity contribution in [3.05, 3.63) is 66.7 Å². The molecule has 126 valence electrons. The number of hydrogen-bond donors (Lipinski definition) is 0. The van der Waals surface area contributed by atoms with Crippen LogP contribution in [0.4, 0.5) is 0 Å². The molecule has 1 saturated heterocycles. The van der Waals surface area contributed by atoms with Crippen LogP contribution in [0.2, 0.25) is 0 Å². The SMILES string of the molecule is O=CC1CCN(C=Cc2oc3ccccc3[n+]2-c2ccccc2)CC1. The zero-order valence-corrected chi connectivity index (χ0v) is 14.0. The molecule has 0 spiro atoms. The van der Waals surface area contributed by atoms with Gasteiger partial charge < -0.3 is 14.1 Å². The third-order valence-corrected chi connectivity index (χ3v) is 4.75. The summed E-state index contributed by atoms with van der Waals surface area (Å²) in [4.78, 5) is 13.1. The van der Waals surface area contributed by atoms with Crippen molar-refractivity contribution in [3.63, 3.8) is 0 Å². The third kappa shape index (κ3) is 3.20. The molecule has 0 atom stereocenters. The van der Waals surface area contributed by atoms with Crippen molar-refractivity contribution in [2.45, 2.75) is 12.8 Å². The highest BCUT2D eigenvalue weighted by atomic mass is 16.4. The van der Waals surface area contributed by atoms with Gasteiger partial charge in [0.05, 0.1) is 6.08 Å². The lowest BCUT2D eigenvalue weighted by molar-refractivity contribution is -0.575. The van der Waals surface area contributed by atoms with Crippen LogP contribution in [0, 0.1) is 5.92 Å². The Morgan fingerprint density at radius 3 is 2.48 bits per heavy atom. The van der Waals surface area contributed by atoms with Crippen molar-refractivity contribution in [1.82, 2.24) is 4.90 Å². The van der Waals surface area contributed by atoms with E-state index in [1.807, 2.05) is 42.5 Å². The van der Waals surface area contributed by atoms with Crippen molar-refractivity contribution < 1.29 is 13.8 Å². The van der Waals surface area contributed by atoms with E-state index in [0.717, 1.165) is 54.9 Å². The molecule has 4 rings (SSSR count). The number of hydrogen-bond acceptors (Lipinski definition) is 3. The number of para-hydroxylation sites is 3. The number of likely N-dealkylation sites (tertiary alicyclic amines) is 1. The van der Waals surface area contributed by atoms with Crippen LogP contribution in [0.15, 0.2) is 65.2 Å². The van der Waals surface area contributed by atoms with Crippen LogP contribution in [0.5, 0.6) is 0 Å². The normalized spacial score (nSPS) is 15.9. The molecule has 0 unspecified atom stereocenters. The minimum absolute atomic E-state index is 0.213. The summed E-state index contributed by atoms with van der Waals surface area (Å²) in [6.45, 7) is 1.82. The molecule has 0 N–H and O–H groups in total. The Kier molecular flexibility index (Phi) is 4.34. The Labute approximate surface area is 147 Å². The first-order chi connectivity index (χ1) is 12.3. The van der Waals surface area contributed by atoms with E-state index in [1.165, 1.54) is 0 Å². The topological polar surface area (TPSA) is 37.3 Å². The van der Waals surface area contributed by atoms with E-state index >= 15 is 0 Å². The molecule has 2 aromatic carbocycles. The molecule has 25 heavy (non-hydrogen) atoms. The quantitative estimate of drug-likeness (QED) is 0.541. The molecule has 3 aromatic rings. The fourth-order valence-electron chi connectivity index (χ4n) is 3.33. The van der Waals surface area contributed by atoms with Crippen molar-refractivity contribution in [3.8, 4) is 5.69 Å². The number of carbonyl (C=O) groups excluding carboxylic acids is 1. The number of benzene rings is 2. The lowest BCUT2D eigenvalue weighted by Crippen LogP contribution is -2.33. The smallest absolute Gasteiger partial charge is 0.381 e. The first-order valence-electron chi connectivity index (χ1n) is 8.72. The molecular weight excluding hydrogens is 312 g/mol. The molecule has 1 fully saturated rings. The number of oxazole rings is 1. The van der Waals surface area contributed by atoms with Crippen molar-refractivity contribution in [2.75, 3.05) is 13.1 Å². The maximum Gasteiger partial charge on any atom is 0.381 e. The molecular formula is C21H21N2O2+. The van der Waals surface area contributed by atoms with Crippen LogP contribution in [-0.4, -0.2) is 24.3 Å². The monoisotopic (exact) mass is 333 g/mol. The zero-order valence-electron chi connectivity index (χ0n) is 14.0. The van der Waals surface area contributed by atoms with Crippen LogP contribution in [0.1, 0.15) is 18.7 Å². The predicted octanol–water partition coefficient (Wildman–Crippen LogP) is 3.59. The summed E-state index contributed by atoms with van der Waals surface area (Å²) < 4.78 is 8.21. The van der Waals surface area contributed by atoms with Crippen LogP contribution >= 0.6 is 0 Å². The summed E-state index contributed by atoms with van der Waals surface area (Å²) >= 11 is 0. The van der Waals surface area contributed by atoms with Crippen molar-refractivity contribution >= 4 is 23.5 Å². The summed E-state index contributed by atoms with van der Waals surface area (Å²) in [6, 6.07) is 18.3. The average molecular weight is 333 g/mol. The first kappa shape index (κ1) is 15.6. The minimum Gasteiger partial charge on any atom is -0.398 e. The number of rotatable bonds is 4. The van der Waals surface area contributed by atoms with Gasteiger partial charge in [0, 0.05) is 43.4 Å². The zero-order chi connectivity index (χ0) is 17.1. The van der Waals surface area contributed by atoms with E-state index < -0.39 is 0 Å². The predicted molar refractivity (Wildman–Crippen MR) is 97.1 cm³/mol. The maximum atomic E-state index is 10.9. The van der Waals surface area contributed by atoms with E-state index in [9.17, 15) is 4.79 Å². The van der Waals surface area contributed by atoms with Crippen molar-refractivity contribution in [1.29, 1.82) is 0 Å². The van der Waals surface area contributed by atoms with Gasteiger partial charge in [0.15, 0.2) is 0 Å². The molecule has 1 aliphatic heterocycles. The number of carbonyl (C=O) groups is 1. The van der Waals surface area contributed by atoms with Gasteiger partial charge in [0.25, 0.3) is 5.52 Å². The minimum atomic E-state index is 0.213. The second kappa shape index (κ2) is 6.93. The Morgan fingerprint density at radius 2 is 1.72 bits per heavy atom. The number of aldehydes is 1. The first-order valence-corrected chi connectivity index (χ1v) is 8.72. The Hall–Kier alpha value is -2.88. The molecule has 0 saturated carbocycles. The second-order valence-corrected chi connectivity index (χ2v) is 6.40. The summed E-state index contributed by atoms with van der Waals surface area (Å²) in [5.41, 5.74) is 2.99. The molecule has 4 nitrogen and oxygen atoms in total. The standard InChI is InChI=1S/C21H21N2O2/c24-16-17-10-13-22(14-11-17)15-12-21-23(18-6-2-1-3-7-18)19-8-4-5-9-20(19)25-21/h1-9,12,15-17H,10-11,13-14H2/q+1. The van der Waals surface area contributed by atoms with Crippen LogP contribution in [-0.2, 0) is 4.79 Å². The van der Waals surface area contributed by atoms with Crippen LogP contribution in [0.3, 0.4) is 0 Å². The molecule has 0 bridgehead atoms. The van der Waals surface area contributed by atoms with Gasteiger partial charge >= 0.3 is 5.89 Å².